The van der Waals surface area contributed by atoms with Crippen LogP contribution in [0.2, 0.25) is 0 Å². The van der Waals surface area contributed by atoms with Crippen molar-refractivity contribution in [3.63, 3.8) is 0 Å². The van der Waals surface area contributed by atoms with Crippen molar-refractivity contribution >= 4 is 5.91 Å². The van der Waals surface area contributed by atoms with Gasteiger partial charge in [-0.25, -0.2) is 0 Å². The summed E-state index contributed by atoms with van der Waals surface area (Å²) in [6, 6.07) is 12.3. The number of pyridine rings is 1. The third-order valence-corrected chi connectivity index (χ3v) is 5.90. The van der Waals surface area contributed by atoms with E-state index in [0.29, 0.717) is 12.3 Å². The summed E-state index contributed by atoms with van der Waals surface area (Å²) < 4.78 is 6.21. The molecule has 2 aromatic rings. The van der Waals surface area contributed by atoms with Gasteiger partial charge in [-0.2, -0.15) is 0 Å². The van der Waals surface area contributed by atoms with E-state index in [1.165, 1.54) is 16.7 Å². The van der Waals surface area contributed by atoms with Gasteiger partial charge in [0.25, 0.3) is 5.91 Å². The normalized spacial score (nSPS) is 21.7. The lowest BCUT2D eigenvalue weighted by Crippen LogP contribution is -2.44. The number of hydrogen-bond donors (Lipinski definition) is 1. The summed E-state index contributed by atoms with van der Waals surface area (Å²) in [5.41, 5.74) is 4.43. The second kappa shape index (κ2) is 8.02. The summed E-state index contributed by atoms with van der Waals surface area (Å²) >= 11 is 0. The minimum atomic E-state index is -0.112. The molecule has 148 valence electrons. The first-order chi connectivity index (χ1) is 13.5. The molecular weight excluding hydrogens is 350 g/mol. The molecule has 3 heterocycles. The number of nitrogens with zero attached hydrogens (tertiary/aromatic N) is 2. The van der Waals surface area contributed by atoms with Crippen molar-refractivity contribution in [2.24, 2.45) is 0 Å². The second-order valence-electron chi connectivity index (χ2n) is 8.36. The van der Waals surface area contributed by atoms with E-state index >= 15 is 0 Å². The molecule has 2 saturated heterocycles. The zero-order valence-corrected chi connectivity index (χ0v) is 16.8. The number of aromatic nitrogens is 1. The van der Waals surface area contributed by atoms with Crippen molar-refractivity contribution in [1.29, 1.82) is 0 Å². The smallest absolute Gasteiger partial charge is 0.270 e. The van der Waals surface area contributed by atoms with Crippen molar-refractivity contribution in [1.82, 2.24) is 15.2 Å². The number of piperidine rings is 1. The largest absolute Gasteiger partial charge is 0.373 e. The zero-order valence-electron chi connectivity index (χ0n) is 16.8. The van der Waals surface area contributed by atoms with Gasteiger partial charge in [0.15, 0.2) is 0 Å². The Kier molecular flexibility index (Phi) is 5.47. The average molecular weight is 380 g/mol. The molecule has 1 spiro atoms. The first kappa shape index (κ1) is 19.1. The van der Waals surface area contributed by atoms with Crippen molar-refractivity contribution in [2.45, 2.75) is 51.3 Å². The Morgan fingerprint density at radius 2 is 1.96 bits per heavy atom. The van der Waals surface area contributed by atoms with Crippen LogP contribution in [0.5, 0.6) is 0 Å². The monoisotopic (exact) mass is 379 g/mol. The number of nitrogens with one attached hydrogen (secondary N) is 1. The Hall–Kier alpha value is -2.24. The highest BCUT2D eigenvalue weighted by atomic mass is 16.5. The molecule has 2 fully saturated rings. The van der Waals surface area contributed by atoms with Gasteiger partial charge < -0.3 is 10.1 Å². The van der Waals surface area contributed by atoms with Gasteiger partial charge in [0.2, 0.25) is 0 Å². The maximum atomic E-state index is 12.3. The van der Waals surface area contributed by atoms with E-state index < -0.39 is 0 Å². The van der Waals surface area contributed by atoms with E-state index in [4.69, 9.17) is 4.74 Å². The molecule has 1 atom stereocenters. The van der Waals surface area contributed by atoms with Crippen molar-refractivity contribution in [3.8, 4) is 0 Å². The summed E-state index contributed by atoms with van der Waals surface area (Å²) in [5.74, 6) is -0.112. The number of carbonyl (C=O) groups is 1. The van der Waals surface area contributed by atoms with E-state index in [1.54, 1.807) is 12.3 Å². The number of carbonyl (C=O) groups excluding carboxylic acids is 1. The SMILES string of the molecule is Cc1cc(C)cc(CN2CCC3(CC2)C[C@H](NC(=O)c2ccccn2)CO3)c1. The summed E-state index contributed by atoms with van der Waals surface area (Å²) in [7, 11) is 0. The van der Waals surface area contributed by atoms with Crippen LogP contribution in [0.4, 0.5) is 0 Å². The van der Waals surface area contributed by atoms with Crippen LogP contribution in [-0.2, 0) is 11.3 Å². The van der Waals surface area contributed by atoms with Gasteiger partial charge in [0.1, 0.15) is 5.69 Å². The fourth-order valence-electron chi connectivity index (χ4n) is 4.58. The third kappa shape index (κ3) is 4.42. The molecule has 4 rings (SSSR count). The van der Waals surface area contributed by atoms with Gasteiger partial charge in [-0.05, 0) is 50.8 Å². The number of rotatable bonds is 4. The van der Waals surface area contributed by atoms with Crippen LogP contribution in [0.15, 0.2) is 42.6 Å². The quantitative estimate of drug-likeness (QED) is 0.886. The lowest BCUT2D eigenvalue weighted by atomic mass is 9.87. The molecule has 1 aromatic heterocycles. The zero-order chi connectivity index (χ0) is 19.6. The molecule has 1 amide bonds. The molecule has 5 heteroatoms. The van der Waals surface area contributed by atoms with E-state index in [-0.39, 0.29) is 17.6 Å². The Labute approximate surface area is 167 Å². The van der Waals surface area contributed by atoms with Crippen LogP contribution < -0.4 is 5.32 Å². The van der Waals surface area contributed by atoms with E-state index in [2.05, 4.69) is 47.2 Å². The Bertz CT molecular complexity index is 809. The standard InChI is InChI=1S/C23H29N3O2/c1-17-11-18(2)13-19(12-17)15-26-9-6-23(7-10-26)14-20(16-28-23)25-22(27)21-5-3-4-8-24-21/h3-5,8,11-13,20H,6-7,9-10,14-16H2,1-2H3,(H,25,27)/t20-/m0/s1. The highest BCUT2D eigenvalue weighted by Crippen LogP contribution is 2.36. The fraction of sp³-hybridized carbons (Fsp3) is 0.478. The van der Waals surface area contributed by atoms with Crippen molar-refractivity contribution < 1.29 is 9.53 Å². The van der Waals surface area contributed by atoms with Crippen LogP contribution >= 0.6 is 0 Å². The molecule has 2 aliphatic heterocycles. The minimum absolute atomic E-state index is 0.0699. The topological polar surface area (TPSA) is 54.5 Å². The lowest BCUT2D eigenvalue weighted by molar-refractivity contribution is -0.0449. The molecule has 0 bridgehead atoms. The maximum absolute atomic E-state index is 12.3. The van der Waals surface area contributed by atoms with E-state index in [0.717, 1.165) is 38.9 Å². The molecule has 0 saturated carbocycles. The molecule has 0 aliphatic carbocycles. The fourth-order valence-corrected chi connectivity index (χ4v) is 4.58. The summed E-state index contributed by atoms with van der Waals surface area (Å²) in [4.78, 5) is 19.0. The first-order valence-corrected chi connectivity index (χ1v) is 10.2. The molecule has 1 N–H and O–H groups in total. The highest BCUT2D eigenvalue weighted by molar-refractivity contribution is 5.92. The van der Waals surface area contributed by atoms with Gasteiger partial charge in [-0.1, -0.05) is 35.4 Å². The van der Waals surface area contributed by atoms with Crippen LogP contribution in [0.1, 0.15) is 46.4 Å². The molecule has 1 aromatic carbocycles. The van der Waals surface area contributed by atoms with Crippen LogP contribution in [0, 0.1) is 13.8 Å². The predicted molar refractivity (Wildman–Crippen MR) is 109 cm³/mol. The number of benzene rings is 1. The molecule has 0 unspecified atom stereocenters. The summed E-state index contributed by atoms with van der Waals surface area (Å²) in [6.45, 7) is 7.98. The van der Waals surface area contributed by atoms with Crippen molar-refractivity contribution in [3.05, 3.63) is 65.0 Å². The summed E-state index contributed by atoms with van der Waals surface area (Å²) in [6.07, 6.45) is 4.58. The van der Waals surface area contributed by atoms with Gasteiger partial charge in [0, 0.05) is 25.8 Å². The Balaban J connectivity index is 1.29. The lowest BCUT2D eigenvalue weighted by Gasteiger charge is -2.38. The minimum Gasteiger partial charge on any atom is -0.373 e. The first-order valence-electron chi connectivity index (χ1n) is 10.2. The third-order valence-electron chi connectivity index (χ3n) is 5.90. The van der Waals surface area contributed by atoms with Gasteiger partial charge in [-0.3, -0.25) is 14.7 Å². The number of likely N-dealkylation sites (tertiary alicyclic amines) is 1. The van der Waals surface area contributed by atoms with Gasteiger partial charge in [-0.15, -0.1) is 0 Å². The average Bonchev–Trinajstić information content (AvgIpc) is 3.06. The Morgan fingerprint density at radius 3 is 2.64 bits per heavy atom. The predicted octanol–water partition coefficient (Wildman–Crippen LogP) is 3.25. The molecule has 28 heavy (non-hydrogen) atoms. The van der Waals surface area contributed by atoms with E-state index in [1.807, 2.05) is 12.1 Å². The van der Waals surface area contributed by atoms with Crippen molar-refractivity contribution in [2.75, 3.05) is 19.7 Å². The van der Waals surface area contributed by atoms with Gasteiger partial charge in [0.05, 0.1) is 18.2 Å². The molecule has 2 aliphatic rings. The molecule has 5 nitrogen and oxygen atoms in total. The summed E-state index contributed by atoms with van der Waals surface area (Å²) in [5, 5.41) is 3.09. The maximum Gasteiger partial charge on any atom is 0.270 e. The van der Waals surface area contributed by atoms with Crippen LogP contribution in [-0.4, -0.2) is 47.1 Å². The van der Waals surface area contributed by atoms with E-state index in [9.17, 15) is 4.79 Å². The van der Waals surface area contributed by atoms with Crippen LogP contribution in [0.25, 0.3) is 0 Å². The molecule has 0 radical (unpaired) electrons. The molecular formula is C23H29N3O2. The number of amides is 1. The van der Waals surface area contributed by atoms with Crippen LogP contribution in [0.3, 0.4) is 0 Å². The number of aryl methyl sites for hydroxylation is 2. The number of ether oxygens (including phenoxy) is 1. The highest BCUT2D eigenvalue weighted by Gasteiger charge is 2.43. The second-order valence-corrected chi connectivity index (χ2v) is 8.36. The van der Waals surface area contributed by atoms with Gasteiger partial charge >= 0.3 is 0 Å². The Morgan fingerprint density at radius 1 is 1.21 bits per heavy atom. The number of hydrogen-bond acceptors (Lipinski definition) is 4.